The summed E-state index contributed by atoms with van der Waals surface area (Å²) in [5.41, 5.74) is 0. The van der Waals surface area contributed by atoms with E-state index in [2.05, 4.69) is 38.6 Å². The Morgan fingerprint density at radius 2 is 1.89 bits per heavy atom. The van der Waals surface area contributed by atoms with E-state index >= 15 is 0 Å². The van der Waals surface area contributed by atoms with Crippen molar-refractivity contribution in [3.05, 3.63) is 25.8 Å². The summed E-state index contributed by atoms with van der Waals surface area (Å²) in [6, 6.07) is 0. The second kappa shape index (κ2) is 10.4. The van der Waals surface area contributed by atoms with E-state index in [9.17, 15) is 0 Å². The molecule has 1 heteroatoms. The van der Waals surface area contributed by atoms with Crippen LogP contribution >= 0.6 is 0 Å². The van der Waals surface area contributed by atoms with Gasteiger partial charge in [-0.15, -0.1) is 19.7 Å². The fourth-order valence-electron chi connectivity index (χ4n) is 0.349. The highest BCUT2D eigenvalue weighted by atomic mass is 15.1. The summed E-state index contributed by atoms with van der Waals surface area (Å²) in [5.74, 6) is 0. The van der Waals surface area contributed by atoms with E-state index in [4.69, 9.17) is 0 Å². The second-order valence-electron chi connectivity index (χ2n) is 1.64. The Hall–Kier alpha value is -0.560. The van der Waals surface area contributed by atoms with E-state index in [1.54, 1.807) is 0 Å². The lowest BCUT2D eigenvalue weighted by molar-refractivity contribution is 0.392. The van der Waals surface area contributed by atoms with Crippen molar-refractivity contribution in [2.45, 2.75) is 6.92 Å². The predicted molar refractivity (Wildman–Crippen MR) is 44.6 cm³/mol. The zero-order valence-electron chi connectivity index (χ0n) is 6.56. The van der Waals surface area contributed by atoms with Crippen molar-refractivity contribution in [1.82, 2.24) is 4.90 Å². The van der Waals surface area contributed by atoms with Crippen molar-refractivity contribution >= 4 is 0 Å². The van der Waals surface area contributed by atoms with Crippen LogP contribution in [0, 0.1) is 0 Å². The monoisotopic (exact) mass is 127 g/mol. The van der Waals surface area contributed by atoms with Gasteiger partial charge in [-0.3, -0.25) is 0 Å². The van der Waals surface area contributed by atoms with Crippen LogP contribution in [-0.4, -0.2) is 25.0 Å². The first-order chi connectivity index (χ1) is 4.31. The van der Waals surface area contributed by atoms with Gasteiger partial charge in [-0.05, 0) is 13.6 Å². The summed E-state index contributed by atoms with van der Waals surface area (Å²) in [4.78, 5) is 2.19. The SMILES string of the molecule is C=C.C=CCN(C)CC. The van der Waals surface area contributed by atoms with Crippen LogP contribution in [0.2, 0.25) is 0 Å². The highest BCUT2D eigenvalue weighted by molar-refractivity contribution is 4.69. The summed E-state index contributed by atoms with van der Waals surface area (Å²) in [6.07, 6.45) is 1.91. The molecule has 0 atom stereocenters. The van der Waals surface area contributed by atoms with Gasteiger partial charge in [-0.1, -0.05) is 13.0 Å². The minimum atomic E-state index is 0.997. The highest BCUT2D eigenvalue weighted by Gasteiger charge is 1.83. The average Bonchev–Trinajstić information content (AvgIpc) is 1.93. The molecule has 0 fully saturated rings. The molecule has 1 nitrogen and oxygen atoms in total. The molecule has 0 bridgehead atoms. The van der Waals surface area contributed by atoms with Crippen LogP contribution in [0.3, 0.4) is 0 Å². The van der Waals surface area contributed by atoms with Gasteiger partial charge in [0.1, 0.15) is 0 Å². The molecule has 54 valence electrons. The third-order valence-electron chi connectivity index (χ3n) is 0.981. The Morgan fingerprint density at radius 1 is 1.44 bits per heavy atom. The third kappa shape index (κ3) is 11.2. The molecular formula is C8H17N. The molecule has 9 heavy (non-hydrogen) atoms. The number of hydrogen-bond acceptors (Lipinski definition) is 1. The molecule has 0 saturated carbocycles. The molecule has 0 N–H and O–H groups in total. The van der Waals surface area contributed by atoms with Crippen molar-refractivity contribution in [2.24, 2.45) is 0 Å². The molecule has 0 heterocycles. The number of hydrogen-bond donors (Lipinski definition) is 0. The van der Waals surface area contributed by atoms with Gasteiger partial charge in [0, 0.05) is 6.54 Å². The fourth-order valence-corrected chi connectivity index (χ4v) is 0.349. The lowest BCUT2D eigenvalue weighted by atomic mass is 10.5. The lowest BCUT2D eigenvalue weighted by Crippen LogP contribution is -2.16. The molecule has 0 aromatic rings. The molecule has 0 aliphatic rings. The van der Waals surface area contributed by atoms with Gasteiger partial charge < -0.3 is 4.90 Å². The first-order valence-electron chi connectivity index (χ1n) is 3.10. The van der Waals surface area contributed by atoms with Gasteiger partial charge in [0.2, 0.25) is 0 Å². The number of likely N-dealkylation sites (N-methyl/N-ethyl adjacent to an activating group) is 1. The Balaban J connectivity index is 0. The topological polar surface area (TPSA) is 3.24 Å². The molecule has 0 aromatic carbocycles. The zero-order valence-corrected chi connectivity index (χ0v) is 6.56. The Bertz CT molecular complexity index is 59.6. The summed E-state index contributed by atoms with van der Waals surface area (Å²) >= 11 is 0. The first kappa shape index (κ1) is 11.3. The molecule has 0 unspecified atom stereocenters. The van der Waals surface area contributed by atoms with E-state index in [0.29, 0.717) is 0 Å². The smallest absolute Gasteiger partial charge is 0.0157 e. The van der Waals surface area contributed by atoms with Crippen LogP contribution in [0.25, 0.3) is 0 Å². The largest absolute Gasteiger partial charge is 0.303 e. The van der Waals surface area contributed by atoms with E-state index in [1.807, 2.05) is 6.08 Å². The summed E-state index contributed by atoms with van der Waals surface area (Å²) in [7, 11) is 2.07. The minimum absolute atomic E-state index is 0.997. The molecule has 0 radical (unpaired) electrons. The molecule has 0 rings (SSSR count). The van der Waals surface area contributed by atoms with Gasteiger partial charge in [0.05, 0.1) is 0 Å². The standard InChI is InChI=1S/C6H13N.C2H4/c1-4-6-7(3)5-2;1-2/h4H,1,5-6H2,2-3H3;1-2H2. The third-order valence-corrected chi connectivity index (χ3v) is 0.981. The van der Waals surface area contributed by atoms with Gasteiger partial charge in [-0.25, -0.2) is 0 Å². The summed E-state index contributed by atoms with van der Waals surface area (Å²) in [5, 5.41) is 0. The van der Waals surface area contributed by atoms with Crippen LogP contribution < -0.4 is 0 Å². The highest BCUT2D eigenvalue weighted by Crippen LogP contribution is 1.77. The minimum Gasteiger partial charge on any atom is -0.303 e. The molecule has 0 spiro atoms. The second-order valence-corrected chi connectivity index (χ2v) is 1.64. The van der Waals surface area contributed by atoms with Crippen molar-refractivity contribution in [3.8, 4) is 0 Å². The van der Waals surface area contributed by atoms with Gasteiger partial charge >= 0.3 is 0 Å². The maximum atomic E-state index is 3.61. The maximum absolute atomic E-state index is 3.61. The van der Waals surface area contributed by atoms with Gasteiger partial charge in [0.15, 0.2) is 0 Å². The molecule has 0 aliphatic heterocycles. The Kier molecular flexibility index (Phi) is 13.1. The Labute approximate surface area is 58.7 Å². The summed E-state index contributed by atoms with van der Waals surface area (Å²) in [6.45, 7) is 13.8. The van der Waals surface area contributed by atoms with Crippen LogP contribution in [0.1, 0.15) is 6.92 Å². The molecule has 0 saturated heterocycles. The van der Waals surface area contributed by atoms with Crippen LogP contribution in [0.5, 0.6) is 0 Å². The fraction of sp³-hybridized carbons (Fsp3) is 0.500. The quantitative estimate of drug-likeness (QED) is 0.524. The van der Waals surface area contributed by atoms with Crippen LogP contribution in [-0.2, 0) is 0 Å². The Morgan fingerprint density at radius 3 is 2.00 bits per heavy atom. The zero-order chi connectivity index (χ0) is 7.70. The number of nitrogens with zero attached hydrogens (tertiary/aromatic N) is 1. The maximum Gasteiger partial charge on any atom is 0.0157 e. The lowest BCUT2D eigenvalue weighted by Gasteiger charge is -2.08. The van der Waals surface area contributed by atoms with E-state index in [0.717, 1.165) is 13.1 Å². The van der Waals surface area contributed by atoms with E-state index in [1.165, 1.54) is 0 Å². The molecule has 0 aromatic heterocycles. The molecule has 0 aliphatic carbocycles. The molecule has 0 amide bonds. The van der Waals surface area contributed by atoms with E-state index < -0.39 is 0 Å². The predicted octanol–water partition coefficient (Wildman–Crippen LogP) is 1.93. The van der Waals surface area contributed by atoms with Crippen molar-refractivity contribution < 1.29 is 0 Å². The van der Waals surface area contributed by atoms with Crippen molar-refractivity contribution in [2.75, 3.05) is 20.1 Å². The van der Waals surface area contributed by atoms with Gasteiger partial charge in [-0.2, -0.15) is 0 Å². The van der Waals surface area contributed by atoms with Crippen molar-refractivity contribution in [1.29, 1.82) is 0 Å². The van der Waals surface area contributed by atoms with Crippen molar-refractivity contribution in [3.63, 3.8) is 0 Å². The van der Waals surface area contributed by atoms with E-state index in [-0.39, 0.29) is 0 Å². The summed E-state index contributed by atoms with van der Waals surface area (Å²) < 4.78 is 0. The molecular weight excluding hydrogens is 110 g/mol. The normalized spacial score (nSPS) is 7.89. The first-order valence-corrected chi connectivity index (χ1v) is 3.10. The average molecular weight is 127 g/mol. The van der Waals surface area contributed by atoms with Gasteiger partial charge in [0.25, 0.3) is 0 Å². The van der Waals surface area contributed by atoms with Crippen LogP contribution in [0.15, 0.2) is 25.8 Å². The number of rotatable bonds is 3. The van der Waals surface area contributed by atoms with Crippen LogP contribution in [0.4, 0.5) is 0 Å².